The third kappa shape index (κ3) is 3.37. The quantitative estimate of drug-likeness (QED) is 0.527. The molecule has 0 heterocycles. The minimum atomic E-state index is -1.43. The Labute approximate surface area is 115 Å². The van der Waals surface area contributed by atoms with Gasteiger partial charge in [0.15, 0.2) is 0 Å². The number of carbonyl (C=O) groups is 1. The lowest BCUT2D eigenvalue weighted by Crippen LogP contribution is -2.52. The van der Waals surface area contributed by atoms with Crippen molar-refractivity contribution in [3.63, 3.8) is 0 Å². The van der Waals surface area contributed by atoms with Gasteiger partial charge in [0.05, 0.1) is 13.5 Å². The highest BCUT2D eigenvalue weighted by atomic mass is 28.3. The summed E-state index contributed by atoms with van der Waals surface area (Å²) in [5.74, 6) is -0.0821. The topological polar surface area (TPSA) is 26.3 Å². The van der Waals surface area contributed by atoms with Gasteiger partial charge in [0.1, 0.15) is 5.60 Å². The molecule has 3 heteroatoms. The van der Waals surface area contributed by atoms with Gasteiger partial charge in [-0.3, -0.25) is 4.79 Å². The molecule has 0 aliphatic heterocycles. The van der Waals surface area contributed by atoms with Gasteiger partial charge in [0.25, 0.3) is 0 Å². The zero-order chi connectivity index (χ0) is 15.0. The van der Waals surface area contributed by atoms with Gasteiger partial charge < -0.3 is 4.74 Å². The molecular formula is C15H32O2Si. The molecule has 18 heavy (non-hydrogen) atoms. The first-order valence-electron chi connectivity index (χ1n) is 6.92. The highest BCUT2D eigenvalue weighted by molar-refractivity contribution is 6.79. The molecule has 0 N–H and O–H groups in total. The van der Waals surface area contributed by atoms with E-state index in [1.165, 1.54) is 0 Å². The van der Waals surface area contributed by atoms with Crippen LogP contribution in [-0.2, 0) is 9.53 Å². The van der Waals surface area contributed by atoms with Crippen molar-refractivity contribution in [3.05, 3.63) is 0 Å². The van der Waals surface area contributed by atoms with Gasteiger partial charge in [-0.05, 0) is 39.2 Å². The van der Waals surface area contributed by atoms with Crippen molar-refractivity contribution >= 4 is 14.0 Å². The van der Waals surface area contributed by atoms with E-state index in [-0.39, 0.29) is 11.0 Å². The lowest BCUT2D eigenvalue weighted by atomic mass is 9.88. The van der Waals surface area contributed by atoms with Crippen LogP contribution in [0.3, 0.4) is 0 Å². The number of carbonyl (C=O) groups excluding carboxylic acids is 1. The number of hydrogen-bond donors (Lipinski definition) is 0. The van der Waals surface area contributed by atoms with Gasteiger partial charge in [-0.25, -0.2) is 0 Å². The summed E-state index contributed by atoms with van der Waals surface area (Å²) in [5.41, 5.74) is -0.826. The zero-order valence-electron chi connectivity index (χ0n) is 14.0. The smallest absolute Gasteiger partial charge is 0.312 e. The molecule has 0 unspecified atom stereocenters. The Hall–Kier alpha value is -0.313. The summed E-state index contributed by atoms with van der Waals surface area (Å²) < 4.78 is 5.88. The predicted molar refractivity (Wildman–Crippen MR) is 81.6 cm³/mol. The molecule has 0 bridgehead atoms. The Balaban J connectivity index is 5.15. The van der Waals surface area contributed by atoms with Crippen LogP contribution in [0.4, 0.5) is 0 Å². The minimum Gasteiger partial charge on any atom is -0.459 e. The van der Waals surface area contributed by atoms with Crippen LogP contribution < -0.4 is 0 Å². The van der Waals surface area contributed by atoms with Crippen LogP contribution in [0.15, 0.2) is 0 Å². The van der Waals surface area contributed by atoms with Gasteiger partial charge in [0.2, 0.25) is 0 Å². The molecule has 0 fully saturated rings. The van der Waals surface area contributed by atoms with E-state index in [0.717, 1.165) is 6.42 Å². The molecule has 0 rings (SSSR count). The lowest BCUT2D eigenvalue weighted by Gasteiger charge is -2.49. The largest absolute Gasteiger partial charge is 0.459 e. The predicted octanol–water partition coefficient (Wildman–Crippen LogP) is 4.86. The van der Waals surface area contributed by atoms with Crippen LogP contribution in [0.2, 0.25) is 24.7 Å². The normalized spacial score (nSPS) is 14.6. The molecule has 0 aromatic heterocycles. The van der Waals surface area contributed by atoms with E-state index in [1.807, 2.05) is 20.8 Å². The van der Waals surface area contributed by atoms with E-state index in [1.54, 1.807) is 0 Å². The van der Waals surface area contributed by atoms with Crippen LogP contribution in [-0.4, -0.2) is 19.6 Å². The SMILES string of the molecule is CCC(C)(C)C(=O)OC(C)(C)C(C)(C)[Si](C)(C)C. The molecule has 0 saturated heterocycles. The van der Waals surface area contributed by atoms with Crippen LogP contribution >= 0.6 is 0 Å². The van der Waals surface area contributed by atoms with Crippen molar-refractivity contribution in [3.8, 4) is 0 Å². The Morgan fingerprint density at radius 2 is 1.39 bits per heavy atom. The average Bonchev–Trinajstić information content (AvgIpc) is 2.14. The molecule has 0 spiro atoms. The van der Waals surface area contributed by atoms with Crippen molar-refractivity contribution < 1.29 is 9.53 Å². The second-order valence-corrected chi connectivity index (χ2v) is 13.8. The molecule has 0 aromatic rings. The molecule has 0 radical (unpaired) electrons. The Kier molecular flexibility index (Phi) is 4.90. The molecule has 0 atom stereocenters. The van der Waals surface area contributed by atoms with Gasteiger partial charge in [0, 0.05) is 0 Å². The standard InChI is InChI=1S/C15H32O2Si/c1-11-13(2,3)12(16)17-14(4,5)15(6,7)18(8,9)10/h11H2,1-10H3. The fraction of sp³-hybridized carbons (Fsp3) is 0.933. The first kappa shape index (κ1) is 17.7. The van der Waals surface area contributed by atoms with Crippen molar-refractivity contribution in [2.24, 2.45) is 5.41 Å². The molecule has 0 aliphatic rings. The van der Waals surface area contributed by atoms with Gasteiger partial charge in [-0.1, -0.05) is 40.4 Å². The van der Waals surface area contributed by atoms with Crippen LogP contribution in [0.25, 0.3) is 0 Å². The zero-order valence-corrected chi connectivity index (χ0v) is 15.0. The molecule has 108 valence electrons. The maximum Gasteiger partial charge on any atom is 0.312 e. The van der Waals surface area contributed by atoms with Crippen LogP contribution in [0, 0.1) is 5.41 Å². The third-order valence-electron chi connectivity index (χ3n) is 5.16. The summed E-state index contributed by atoms with van der Waals surface area (Å²) in [6.07, 6.45) is 0.801. The first-order chi connectivity index (χ1) is 7.69. The minimum absolute atomic E-state index is 0.0273. The summed E-state index contributed by atoms with van der Waals surface area (Å²) in [4.78, 5) is 12.3. The summed E-state index contributed by atoms with van der Waals surface area (Å²) in [7, 11) is -1.43. The maximum absolute atomic E-state index is 12.3. The Morgan fingerprint density at radius 3 is 1.67 bits per heavy atom. The number of ether oxygens (including phenoxy) is 1. The van der Waals surface area contributed by atoms with Crippen LogP contribution in [0.1, 0.15) is 54.9 Å². The lowest BCUT2D eigenvalue weighted by molar-refractivity contribution is -0.170. The highest BCUT2D eigenvalue weighted by Crippen LogP contribution is 2.49. The summed E-state index contributed by atoms with van der Waals surface area (Å²) in [6.45, 7) is 21.5. The van der Waals surface area contributed by atoms with E-state index in [2.05, 4.69) is 47.3 Å². The molecule has 0 amide bonds. The summed E-state index contributed by atoms with van der Waals surface area (Å²) in [5, 5.41) is 0.0273. The van der Waals surface area contributed by atoms with Crippen molar-refractivity contribution in [1.29, 1.82) is 0 Å². The summed E-state index contributed by atoms with van der Waals surface area (Å²) in [6, 6.07) is 0. The third-order valence-corrected chi connectivity index (χ3v) is 9.52. The van der Waals surface area contributed by atoms with Crippen LogP contribution in [0.5, 0.6) is 0 Å². The molecule has 0 aliphatic carbocycles. The van der Waals surface area contributed by atoms with E-state index < -0.39 is 19.1 Å². The Bertz CT molecular complexity index is 309. The molecule has 2 nitrogen and oxygen atoms in total. The highest BCUT2D eigenvalue weighted by Gasteiger charge is 2.50. The first-order valence-corrected chi connectivity index (χ1v) is 10.4. The Morgan fingerprint density at radius 1 is 1.00 bits per heavy atom. The monoisotopic (exact) mass is 272 g/mol. The van der Waals surface area contributed by atoms with Gasteiger partial charge in [-0.15, -0.1) is 0 Å². The number of esters is 1. The van der Waals surface area contributed by atoms with Crippen molar-refractivity contribution in [2.75, 3.05) is 0 Å². The van der Waals surface area contributed by atoms with E-state index in [0.29, 0.717) is 0 Å². The molecular weight excluding hydrogens is 240 g/mol. The van der Waals surface area contributed by atoms with E-state index in [4.69, 9.17) is 4.74 Å². The van der Waals surface area contributed by atoms with E-state index in [9.17, 15) is 4.79 Å². The summed E-state index contributed by atoms with van der Waals surface area (Å²) >= 11 is 0. The second-order valence-electron chi connectivity index (χ2n) is 8.01. The number of rotatable bonds is 5. The average molecular weight is 273 g/mol. The fourth-order valence-electron chi connectivity index (χ4n) is 1.54. The molecule has 0 aromatic carbocycles. The fourth-order valence-corrected chi connectivity index (χ4v) is 3.40. The van der Waals surface area contributed by atoms with E-state index >= 15 is 0 Å². The molecule has 0 saturated carbocycles. The number of hydrogen-bond acceptors (Lipinski definition) is 2. The van der Waals surface area contributed by atoms with Gasteiger partial charge >= 0.3 is 5.97 Å². The van der Waals surface area contributed by atoms with Gasteiger partial charge in [-0.2, -0.15) is 0 Å². The van der Waals surface area contributed by atoms with Crippen molar-refractivity contribution in [1.82, 2.24) is 0 Å². The van der Waals surface area contributed by atoms with Crippen molar-refractivity contribution in [2.45, 2.75) is 85.2 Å². The maximum atomic E-state index is 12.3. The second kappa shape index (κ2) is 4.99.